The van der Waals surface area contributed by atoms with Gasteiger partial charge in [-0.05, 0) is 0 Å². The third kappa shape index (κ3) is 1.90. The van der Waals surface area contributed by atoms with Gasteiger partial charge in [0, 0.05) is 0 Å². The van der Waals surface area contributed by atoms with Crippen molar-refractivity contribution in [3.8, 4) is 0 Å². The van der Waals surface area contributed by atoms with Crippen molar-refractivity contribution < 1.29 is 0 Å². The second-order valence-corrected chi connectivity index (χ2v) is 2.43. The molecule has 1 atom stereocenters. The number of nitrogens with two attached hydrogens (primary N) is 2. The van der Waals surface area contributed by atoms with E-state index in [-0.39, 0.29) is 17.9 Å². The van der Waals surface area contributed by atoms with Gasteiger partial charge in [-0.3, -0.25) is 0 Å². The first-order valence-corrected chi connectivity index (χ1v) is 3.03. The number of aliphatic imine (C=N–C) groups is 1. The van der Waals surface area contributed by atoms with Gasteiger partial charge < -0.3 is 11.5 Å². The molecule has 1 aliphatic rings. The van der Waals surface area contributed by atoms with Crippen LogP contribution in [0, 0.1) is 0 Å². The van der Waals surface area contributed by atoms with Crippen molar-refractivity contribution in [1.29, 1.82) is 0 Å². The third-order valence-corrected chi connectivity index (χ3v) is 1.60. The summed E-state index contributed by atoms with van der Waals surface area (Å²) in [5.41, 5.74) is 10.5. The van der Waals surface area contributed by atoms with Gasteiger partial charge in [-0.1, -0.05) is 0 Å². The van der Waals surface area contributed by atoms with Gasteiger partial charge in [-0.25, -0.2) is 4.99 Å². The molecule has 4 N–H and O–H groups in total. The van der Waals surface area contributed by atoms with Crippen molar-refractivity contribution in [1.82, 2.24) is 0 Å². The molecule has 48 valence electrons. The summed E-state index contributed by atoms with van der Waals surface area (Å²) in [6, 6.07) is 0. The summed E-state index contributed by atoms with van der Waals surface area (Å²) in [5, 5.41) is 0. The molecule has 0 fully saturated rings. The maximum Gasteiger partial charge on any atom is 0.146 e. The molecular weight excluding hydrogens is 146 g/mol. The quantitative estimate of drug-likeness (QED) is 0.505. The second kappa shape index (κ2) is 3.17. The molecule has 0 aromatic carbocycles. The van der Waals surface area contributed by atoms with E-state index in [1.807, 2.05) is 0 Å². The fourth-order valence-electron chi connectivity index (χ4n) is 0.409. The summed E-state index contributed by atoms with van der Waals surface area (Å²) in [7, 11) is 0. The maximum absolute atomic E-state index is 5.32. The Morgan fingerprint density at radius 2 is 2.38 bits per heavy atom. The van der Waals surface area contributed by atoms with Crippen LogP contribution in [0.2, 0.25) is 0 Å². The first-order chi connectivity index (χ1) is 3.29. The van der Waals surface area contributed by atoms with Gasteiger partial charge in [0.25, 0.3) is 0 Å². The normalized spacial score (nSPS) is 26.6. The lowest BCUT2D eigenvalue weighted by Gasteiger charge is -1.89. The van der Waals surface area contributed by atoms with Crippen molar-refractivity contribution in [2.75, 3.05) is 5.75 Å². The molecule has 0 aromatic heterocycles. The molecule has 1 unspecified atom stereocenters. The highest BCUT2D eigenvalue weighted by Crippen LogP contribution is 2.12. The largest absolute Gasteiger partial charge is 0.387 e. The topological polar surface area (TPSA) is 64.4 Å². The van der Waals surface area contributed by atoms with E-state index in [4.69, 9.17) is 11.5 Å². The van der Waals surface area contributed by atoms with Crippen molar-refractivity contribution in [2.24, 2.45) is 16.5 Å². The summed E-state index contributed by atoms with van der Waals surface area (Å²) < 4.78 is 0. The molecule has 5 heteroatoms. The molecule has 3 nitrogen and oxygen atoms in total. The molecule has 8 heavy (non-hydrogen) atoms. The molecule has 0 spiro atoms. The SMILES string of the molecule is Cl.NC1=NC(N)SC1. The van der Waals surface area contributed by atoms with Crippen LogP contribution >= 0.6 is 24.2 Å². The Balaban J connectivity index is 0.000000490. The molecule has 1 aliphatic heterocycles. The van der Waals surface area contributed by atoms with Crippen LogP contribution < -0.4 is 11.5 Å². The van der Waals surface area contributed by atoms with Gasteiger partial charge in [-0.2, -0.15) is 0 Å². The average molecular weight is 154 g/mol. The Morgan fingerprint density at radius 1 is 1.75 bits per heavy atom. The van der Waals surface area contributed by atoms with Crippen LogP contribution in [-0.2, 0) is 0 Å². The van der Waals surface area contributed by atoms with E-state index >= 15 is 0 Å². The Morgan fingerprint density at radius 3 is 2.50 bits per heavy atom. The lowest BCUT2D eigenvalue weighted by atomic mass is 10.7. The van der Waals surface area contributed by atoms with E-state index in [0.29, 0.717) is 5.84 Å². The molecule has 0 amide bonds. The molecule has 0 aliphatic carbocycles. The van der Waals surface area contributed by atoms with Crippen molar-refractivity contribution in [3.05, 3.63) is 0 Å². The highest BCUT2D eigenvalue weighted by atomic mass is 35.5. The molecule has 1 heterocycles. The molecule has 0 saturated heterocycles. The molecule has 1 rings (SSSR count). The minimum absolute atomic E-state index is 0. The Labute approximate surface area is 58.3 Å². The standard InChI is InChI=1S/C3H7N3S.ClH/c4-2-1-7-3(5)6-2;/h3H,1,5H2,(H2,4,6);1H. The van der Waals surface area contributed by atoms with Gasteiger partial charge in [0.2, 0.25) is 0 Å². The summed E-state index contributed by atoms with van der Waals surface area (Å²) in [6.45, 7) is 0. The number of hydrogen-bond acceptors (Lipinski definition) is 4. The number of rotatable bonds is 0. The Bertz CT molecular complexity index is 105. The van der Waals surface area contributed by atoms with Crippen LogP contribution in [0.5, 0.6) is 0 Å². The van der Waals surface area contributed by atoms with Gasteiger partial charge in [0.05, 0.1) is 5.75 Å². The van der Waals surface area contributed by atoms with Crippen LogP contribution in [-0.4, -0.2) is 17.1 Å². The van der Waals surface area contributed by atoms with Crippen molar-refractivity contribution in [2.45, 2.75) is 5.50 Å². The lowest BCUT2D eigenvalue weighted by molar-refractivity contribution is 1.00. The number of thioether (sulfide) groups is 1. The van der Waals surface area contributed by atoms with Crippen LogP contribution in [0.4, 0.5) is 0 Å². The van der Waals surface area contributed by atoms with Crippen molar-refractivity contribution >= 4 is 30.0 Å². The van der Waals surface area contributed by atoms with Crippen molar-refractivity contribution in [3.63, 3.8) is 0 Å². The highest BCUT2D eigenvalue weighted by molar-refractivity contribution is 8.00. The number of hydrogen-bond donors (Lipinski definition) is 2. The predicted molar refractivity (Wildman–Crippen MR) is 39.3 cm³/mol. The van der Waals surface area contributed by atoms with Gasteiger partial charge >= 0.3 is 0 Å². The van der Waals surface area contributed by atoms with E-state index in [1.54, 1.807) is 11.8 Å². The second-order valence-electron chi connectivity index (χ2n) is 1.32. The first-order valence-electron chi connectivity index (χ1n) is 1.98. The van der Waals surface area contributed by atoms with E-state index < -0.39 is 0 Å². The zero-order chi connectivity index (χ0) is 5.28. The summed E-state index contributed by atoms with van der Waals surface area (Å²) in [5.74, 6) is 1.46. The first kappa shape index (κ1) is 8.07. The summed E-state index contributed by atoms with van der Waals surface area (Å²) in [6.07, 6.45) is 0. The third-order valence-electron chi connectivity index (χ3n) is 0.695. The molecule has 0 radical (unpaired) electrons. The molecule has 0 saturated carbocycles. The van der Waals surface area contributed by atoms with E-state index in [2.05, 4.69) is 4.99 Å². The Kier molecular flexibility index (Phi) is 3.19. The van der Waals surface area contributed by atoms with E-state index in [1.165, 1.54) is 0 Å². The number of halogens is 1. The monoisotopic (exact) mass is 153 g/mol. The lowest BCUT2D eigenvalue weighted by Crippen LogP contribution is -2.11. The average Bonchev–Trinajstić information content (AvgIpc) is 1.87. The van der Waals surface area contributed by atoms with Crippen LogP contribution in [0.1, 0.15) is 0 Å². The zero-order valence-electron chi connectivity index (χ0n) is 4.20. The van der Waals surface area contributed by atoms with Gasteiger partial charge in [0.1, 0.15) is 11.3 Å². The molecular formula is C3H8ClN3S. The minimum atomic E-state index is -0.0972. The minimum Gasteiger partial charge on any atom is -0.387 e. The Hall–Kier alpha value is 0.0700. The van der Waals surface area contributed by atoms with Gasteiger partial charge in [0.15, 0.2) is 0 Å². The predicted octanol–water partition coefficient (Wildman–Crippen LogP) is -0.245. The van der Waals surface area contributed by atoms with Crippen LogP contribution in [0.15, 0.2) is 4.99 Å². The number of amidine groups is 1. The summed E-state index contributed by atoms with van der Waals surface area (Å²) in [4.78, 5) is 3.82. The number of nitrogens with zero attached hydrogens (tertiary/aromatic N) is 1. The molecule has 0 aromatic rings. The van der Waals surface area contributed by atoms with Gasteiger partial charge in [-0.15, -0.1) is 24.2 Å². The fraction of sp³-hybridized carbons (Fsp3) is 0.667. The summed E-state index contributed by atoms with van der Waals surface area (Å²) >= 11 is 1.55. The zero-order valence-corrected chi connectivity index (χ0v) is 5.84. The highest BCUT2D eigenvalue weighted by Gasteiger charge is 2.08. The van der Waals surface area contributed by atoms with E-state index in [0.717, 1.165) is 5.75 Å². The fourth-order valence-corrected chi connectivity index (χ4v) is 1.03. The maximum atomic E-state index is 5.32. The smallest absolute Gasteiger partial charge is 0.146 e. The van der Waals surface area contributed by atoms with E-state index in [9.17, 15) is 0 Å². The van der Waals surface area contributed by atoms with Crippen LogP contribution in [0.25, 0.3) is 0 Å². The molecule has 0 bridgehead atoms. The van der Waals surface area contributed by atoms with Crippen LogP contribution in [0.3, 0.4) is 0 Å².